The molecule has 3 N–H and O–H groups in total. The molecule has 1 aromatic rings. The van der Waals surface area contributed by atoms with Gasteiger partial charge in [-0.2, -0.15) is 0 Å². The number of ether oxygens (including phenoxy) is 1. The molecule has 1 saturated heterocycles. The number of anilines is 1. The first kappa shape index (κ1) is 20.3. The smallest absolute Gasteiger partial charge is 0.341 e. The molecule has 1 fully saturated rings. The van der Waals surface area contributed by atoms with Gasteiger partial charge in [0.05, 0.1) is 32.2 Å². The van der Waals surface area contributed by atoms with Crippen molar-refractivity contribution in [3.05, 3.63) is 16.0 Å². The van der Waals surface area contributed by atoms with Crippen LogP contribution in [0.3, 0.4) is 0 Å². The van der Waals surface area contributed by atoms with Gasteiger partial charge in [0.15, 0.2) is 0 Å². The van der Waals surface area contributed by atoms with E-state index in [1.807, 2.05) is 6.92 Å². The third-order valence-electron chi connectivity index (χ3n) is 5.67. The van der Waals surface area contributed by atoms with Crippen molar-refractivity contribution >= 4 is 28.2 Å². The van der Waals surface area contributed by atoms with E-state index in [0.717, 1.165) is 50.9 Å². The summed E-state index contributed by atoms with van der Waals surface area (Å²) in [7, 11) is 2.22. The number of amides is 1. The van der Waals surface area contributed by atoms with Gasteiger partial charge in [0, 0.05) is 4.88 Å². The molecule has 0 unspecified atom stereocenters. The minimum absolute atomic E-state index is 0.00994. The zero-order chi connectivity index (χ0) is 19.2. The molecule has 6 nitrogen and oxygen atoms in total. The Bertz CT molecular complexity index is 666. The Morgan fingerprint density at radius 2 is 1.85 bits per heavy atom. The lowest BCUT2D eigenvalue weighted by molar-refractivity contribution is -1.00. The summed E-state index contributed by atoms with van der Waals surface area (Å²) in [6.07, 6.45) is 5.84. The first-order chi connectivity index (χ1) is 13.1. The van der Waals surface area contributed by atoms with Crippen LogP contribution in [0.4, 0.5) is 5.00 Å². The molecule has 1 aromatic heterocycles. The van der Waals surface area contributed by atoms with Crippen LogP contribution < -0.4 is 15.1 Å². The summed E-state index contributed by atoms with van der Waals surface area (Å²) in [4.78, 5) is 29.4. The normalized spacial score (nSPS) is 22.6. The fourth-order valence-electron chi connectivity index (χ4n) is 4.01. The van der Waals surface area contributed by atoms with Crippen LogP contribution in [0.2, 0.25) is 0 Å². The van der Waals surface area contributed by atoms with E-state index in [4.69, 9.17) is 4.74 Å². The van der Waals surface area contributed by atoms with E-state index in [1.54, 1.807) is 16.2 Å². The minimum Gasteiger partial charge on any atom is -0.462 e. The van der Waals surface area contributed by atoms with Gasteiger partial charge in [0.2, 0.25) is 5.91 Å². The van der Waals surface area contributed by atoms with Crippen molar-refractivity contribution in [3.63, 3.8) is 0 Å². The average molecular weight is 396 g/mol. The van der Waals surface area contributed by atoms with Gasteiger partial charge in [-0.3, -0.25) is 4.79 Å². The molecule has 0 atom stereocenters. The van der Waals surface area contributed by atoms with Crippen molar-refractivity contribution in [1.29, 1.82) is 0 Å². The van der Waals surface area contributed by atoms with Crippen molar-refractivity contribution in [3.8, 4) is 0 Å². The first-order valence-electron chi connectivity index (χ1n) is 10.3. The van der Waals surface area contributed by atoms with Crippen molar-refractivity contribution in [1.82, 2.24) is 0 Å². The lowest BCUT2D eigenvalue weighted by atomic mass is 10.1. The molecule has 150 valence electrons. The molecule has 1 aliphatic heterocycles. The number of rotatable bonds is 6. The summed E-state index contributed by atoms with van der Waals surface area (Å²) in [5.41, 5.74) is 1.72. The van der Waals surface area contributed by atoms with Gasteiger partial charge in [-0.1, -0.05) is 6.42 Å². The van der Waals surface area contributed by atoms with E-state index in [1.165, 1.54) is 29.3 Å². The van der Waals surface area contributed by atoms with E-state index in [9.17, 15) is 9.59 Å². The molecule has 27 heavy (non-hydrogen) atoms. The second-order valence-corrected chi connectivity index (χ2v) is 8.85. The van der Waals surface area contributed by atoms with Crippen LogP contribution in [-0.2, 0) is 22.4 Å². The summed E-state index contributed by atoms with van der Waals surface area (Å²) < 4.78 is 5.29. The SMILES string of the molecule is CCOC(=O)c1c(NC(=O)CC[NH+]2CC[NH+](C)CC2)sc2c1CCCCC2. The molecule has 2 heterocycles. The topological polar surface area (TPSA) is 64.3 Å². The quantitative estimate of drug-likeness (QED) is 0.467. The molecular formula is C20H33N3O3S+2. The van der Waals surface area contributed by atoms with Gasteiger partial charge in [0.25, 0.3) is 0 Å². The summed E-state index contributed by atoms with van der Waals surface area (Å²) in [5, 5.41) is 3.73. The third-order valence-corrected chi connectivity index (χ3v) is 6.88. The maximum atomic E-state index is 12.6. The number of carbonyl (C=O) groups is 2. The Labute approximate surface area is 165 Å². The number of esters is 1. The highest BCUT2D eigenvalue weighted by Crippen LogP contribution is 2.38. The standard InChI is InChI=1S/C20H31N3O3S/c1-3-26-20(25)18-15-7-5-4-6-8-16(15)27-19(18)21-17(24)9-10-23-13-11-22(2)12-14-23/h3-14H2,1-2H3,(H,21,24)/p+2. The molecule has 0 radical (unpaired) electrons. The van der Waals surface area contributed by atoms with E-state index in [-0.39, 0.29) is 11.9 Å². The lowest BCUT2D eigenvalue weighted by Gasteiger charge is -2.27. The zero-order valence-electron chi connectivity index (χ0n) is 16.6. The fourth-order valence-corrected chi connectivity index (χ4v) is 5.30. The fraction of sp³-hybridized carbons (Fsp3) is 0.700. The third kappa shape index (κ3) is 5.30. The van der Waals surface area contributed by atoms with E-state index in [2.05, 4.69) is 12.4 Å². The average Bonchev–Trinajstić information content (AvgIpc) is 2.82. The number of carbonyl (C=O) groups excluding carboxylic acids is 2. The molecule has 2 aliphatic rings. The summed E-state index contributed by atoms with van der Waals surface area (Å²) >= 11 is 1.58. The highest BCUT2D eigenvalue weighted by atomic mass is 32.1. The second-order valence-electron chi connectivity index (χ2n) is 7.74. The Morgan fingerprint density at radius 1 is 1.11 bits per heavy atom. The second kappa shape index (κ2) is 9.66. The van der Waals surface area contributed by atoms with Crippen LogP contribution in [0.25, 0.3) is 0 Å². The summed E-state index contributed by atoms with van der Waals surface area (Å²) in [5.74, 6) is -0.282. The van der Waals surface area contributed by atoms with Gasteiger partial charge in [-0.15, -0.1) is 11.3 Å². The summed E-state index contributed by atoms with van der Waals surface area (Å²) in [6.45, 7) is 7.62. The molecule has 0 aromatic carbocycles. The predicted molar refractivity (Wildman–Crippen MR) is 107 cm³/mol. The van der Waals surface area contributed by atoms with Crippen molar-refractivity contribution < 1.29 is 24.1 Å². The zero-order valence-corrected chi connectivity index (χ0v) is 17.4. The number of quaternary nitrogens is 2. The first-order valence-corrected chi connectivity index (χ1v) is 11.2. The number of hydrogen-bond acceptors (Lipinski definition) is 4. The maximum absolute atomic E-state index is 12.6. The number of fused-ring (bicyclic) bond motifs is 1. The highest BCUT2D eigenvalue weighted by Gasteiger charge is 2.27. The van der Waals surface area contributed by atoms with Gasteiger partial charge >= 0.3 is 5.97 Å². The highest BCUT2D eigenvalue weighted by molar-refractivity contribution is 7.17. The number of aryl methyl sites for hydroxylation is 1. The van der Waals surface area contributed by atoms with Crippen LogP contribution >= 0.6 is 11.3 Å². The number of thiophene rings is 1. The Morgan fingerprint density at radius 3 is 2.59 bits per heavy atom. The van der Waals surface area contributed by atoms with Crippen LogP contribution in [0, 0.1) is 0 Å². The van der Waals surface area contributed by atoms with Crippen LogP contribution in [0.1, 0.15) is 53.4 Å². The molecule has 1 aliphatic carbocycles. The van der Waals surface area contributed by atoms with Crippen molar-refractivity contribution in [2.24, 2.45) is 0 Å². The molecule has 0 spiro atoms. The van der Waals surface area contributed by atoms with Gasteiger partial charge in [-0.25, -0.2) is 4.79 Å². The maximum Gasteiger partial charge on any atom is 0.341 e. The number of hydrogen-bond donors (Lipinski definition) is 3. The largest absolute Gasteiger partial charge is 0.462 e. The van der Waals surface area contributed by atoms with Crippen molar-refractivity contribution in [2.75, 3.05) is 51.7 Å². The number of likely N-dealkylation sites (N-methyl/N-ethyl adjacent to an activating group) is 1. The molecule has 3 rings (SSSR count). The summed E-state index contributed by atoms with van der Waals surface area (Å²) in [6, 6.07) is 0. The molecule has 0 saturated carbocycles. The number of piperazine rings is 1. The van der Waals surface area contributed by atoms with E-state index >= 15 is 0 Å². The van der Waals surface area contributed by atoms with Crippen molar-refractivity contribution in [2.45, 2.75) is 45.4 Å². The van der Waals surface area contributed by atoms with Gasteiger partial charge < -0.3 is 19.9 Å². The Balaban J connectivity index is 1.66. The van der Waals surface area contributed by atoms with Crippen LogP contribution in [0.15, 0.2) is 0 Å². The predicted octanol–water partition coefficient (Wildman–Crippen LogP) is -0.0645. The molecule has 1 amide bonds. The molecule has 0 bridgehead atoms. The van der Waals surface area contributed by atoms with Crippen LogP contribution in [0.5, 0.6) is 0 Å². The Hall–Kier alpha value is -1.44. The molecule has 7 heteroatoms. The van der Waals surface area contributed by atoms with E-state index < -0.39 is 0 Å². The van der Waals surface area contributed by atoms with Gasteiger partial charge in [0.1, 0.15) is 31.2 Å². The lowest BCUT2D eigenvalue weighted by Crippen LogP contribution is -3.27. The monoisotopic (exact) mass is 395 g/mol. The van der Waals surface area contributed by atoms with E-state index in [0.29, 0.717) is 23.6 Å². The Kier molecular flexibility index (Phi) is 7.26. The van der Waals surface area contributed by atoms with Crippen LogP contribution in [-0.4, -0.2) is 58.3 Å². The number of nitrogens with one attached hydrogen (secondary N) is 3. The minimum atomic E-state index is -0.292. The molecular weight excluding hydrogens is 362 g/mol. The van der Waals surface area contributed by atoms with Gasteiger partial charge in [-0.05, 0) is 38.2 Å².